The summed E-state index contributed by atoms with van der Waals surface area (Å²) in [5.41, 5.74) is 8.00. The topological polar surface area (TPSA) is 67.2 Å². The Morgan fingerprint density at radius 2 is 2.00 bits per heavy atom. The minimum Gasteiger partial charge on any atom is -0.463 e. The van der Waals surface area contributed by atoms with E-state index in [-0.39, 0.29) is 5.91 Å². The van der Waals surface area contributed by atoms with E-state index in [4.69, 9.17) is 4.42 Å². The first kappa shape index (κ1) is 13.9. The Labute approximate surface area is 127 Å². The number of rotatable bonds is 4. The second-order valence-electron chi connectivity index (χ2n) is 4.86. The number of amides is 1. The number of carbonyl (C=O) groups excluding carboxylic acids is 1. The van der Waals surface area contributed by atoms with Gasteiger partial charge in [0, 0.05) is 11.1 Å². The highest BCUT2D eigenvalue weighted by Crippen LogP contribution is 2.18. The Morgan fingerprint density at radius 3 is 2.77 bits per heavy atom. The summed E-state index contributed by atoms with van der Waals surface area (Å²) < 4.78 is 5.20. The molecule has 2 aromatic heterocycles. The summed E-state index contributed by atoms with van der Waals surface area (Å²) in [5, 5.41) is 0.802. The molecule has 5 nitrogen and oxygen atoms in total. The first-order valence-corrected chi connectivity index (χ1v) is 6.80. The third kappa shape index (κ3) is 2.69. The fourth-order valence-electron chi connectivity index (χ4n) is 2.21. The van der Waals surface area contributed by atoms with Gasteiger partial charge in [-0.05, 0) is 31.2 Å². The summed E-state index contributed by atoms with van der Waals surface area (Å²) in [6.45, 7) is 5.67. The highest BCUT2D eigenvalue weighted by atomic mass is 16.3. The number of hydrogen-bond acceptors (Lipinski definition) is 4. The van der Waals surface area contributed by atoms with Crippen molar-refractivity contribution in [2.75, 3.05) is 0 Å². The summed E-state index contributed by atoms with van der Waals surface area (Å²) in [5.74, 6) is 0.311. The number of aryl methyl sites for hydroxylation is 1. The molecule has 110 valence electrons. The molecular formula is C17H15N3O2. The number of hydrazine groups is 1. The van der Waals surface area contributed by atoms with Gasteiger partial charge >= 0.3 is 0 Å². The van der Waals surface area contributed by atoms with Crippen LogP contribution in [-0.4, -0.2) is 10.9 Å². The molecule has 0 saturated heterocycles. The average molecular weight is 293 g/mol. The summed E-state index contributed by atoms with van der Waals surface area (Å²) in [7, 11) is 0. The monoisotopic (exact) mass is 293 g/mol. The van der Waals surface area contributed by atoms with Gasteiger partial charge in [-0.2, -0.15) is 0 Å². The molecule has 0 radical (unpaired) electrons. The van der Waals surface area contributed by atoms with Gasteiger partial charge in [-0.3, -0.25) is 20.6 Å². The number of carbonyl (C=O) groups is 1. The molecule has 1 aromatic carbocycles. The zero-order valence-electron chi connectivity index (χ0n) is 12.1. The molecule has 0 aliphatic rings. The molecule has 0 bridgehead atoms. The number of pyridine rings is 1. The molecule has 0 aliphatic carbocycles. The minimum atomic E-state index is -0.255. The smallest absolute Gasteiger partial charge is 0.270 e. The fraction of sp³-hybridized carbons (Fsp3) is 0.0588. The van der Waals surface area contributed by atoms with E-state index in [9.17, 15) is 4.79 Å². The van der Waals surface area contributed by atoms with Crippen molar-refractivity contribution in [2.45, 2.75) is 6.92 Å². The Hall–Kier alpha value is -3.08. The molecule has 3 rings (SSSR count). The van der Waals surface area contributed by atoms with Crippen molar-refractivity contribution in [1.29, 1.82) is 0 Å². The number of benzene rings is 1. The minimum absolute atomic E-state index is 0.255. The second-order valence-corrected chi connectivity index (χ2v) is 4.86. The van der Waals surface area contributed by atoms with Crippen molar-refractivity contribution in [3.8, 4) is 0 Å². The molecule has 2 heterocycles. The highest BCUT2D eigenvalue weighted by Gasteiger charge is 2.12. The van der Waals surface area contributed by atoms with Gasteiger partial charge < -0.3 is 4.42 Å². The van der Waals surface area contributed by atoms with Gasteiger partial charge in [0.25, 0.3) is 5.91 Å². The van der Waals surface area contributed by atoms with E-state index < -0.39 is 0 Å². The standard InChI is InChI=1S/C17H15N3O2/c1-11-10-14(13-6-3-4-7-15(13)18-11)17(21)20-19-12(2)16-8-5-9-22-16/h3-10,19H,2H2,1H3,(H,20,21). The molecule has 0 saturated carbocycles. The van der Waals surface area contributed by atoms with Crippen LogP contribution in [0.2, 0.25) is 0 Å². The predicted molar refractivity (Wildman–Crippen MR) is 84.8 cm³/mol. The van der Waals surface area contributed by atoms with Crippen molar-refractivity contribution >= 4 is 22.5 Å². The molecule has 0 fully saturated rings. The van der Waals surface area contributed by atoms with Gasteiger partial charge in [-0.25, -0.2) is 0 Å². The summed E-state index contributed by atoms with van der Waals surface area (Å²) in [4.78, 5) is 16.8. The maximum Gasteiger partial charge on any atom is 0.270 e. The number of nitrogens with zero attached hydrogens (tertiary/aromatic N) is 1. The zero-order valence-corrected chi connectivity index (χ0v) is 12.1. The van der Waals surface area contributed by atoms with Crippen molar-refractivity contribution in [3.63, 3.8) is 0 Å². The first-order chi connectivity index (χ1) is 10.6. The lowest BCUT2D eigenvalue weighted by Crippen LogP contribution is -2.36. The lowest BCUT2D eigenvalue weighted by Gasteiger charge is -2.11. The normalized spacial score (nSPS) is 10.4. The Balaban J connectivity index is 1.82. The van der Waals surface area contributed by atoms with E-state index in [0.29, 0.717) is 17.0 Å². The van der Waals surface area contributed by atoms with Gasteiger partial charge in [-0.15, -0.1) is 0 Å². The van der Waals surface area contributed by atoms with E-state index in [1.54, 1.807) is 24.5 Å². The predicted octanol–water partition coefficient (Wildman–Crippen LogP) is 3.04. The van der Waals surface area contributed by atoms with Crippen LogP contribution in [0.25, 0.3) is 16.6 Å². The summed E-state index contributed by atoms with van der Waals surface area (Å²) in [6, 6.07) is 12.8. The Bertz CT molecular complexity index is 838. The Morgan fingerprint density at radius 1 is 1.18 bits per heavy atom. The summed E-state index contributed by atoms with van der Waals surface area (Å²) >= 11 is 0. The maximum absolute atomic E-state index is 12.4. The zero-order chi connectivity index (χ0) is 15.5. The molecule has 0 unspecified atom stereocenters. The Kier molecular flexibility index (Phi) is 3.62. The van der Waals surface area contributed by atoms with Crippen molar-refractivity contribution < 1.29 is 9.21 Å². The average Bonchev–Trinajstić information content (AvgIpc) is 3.06. The number of nitrogens with one attached hydrogen (secondary N) is 2. The van der Waals surface area contributed by atoms with Crippen LogP contribution in [0, 0.1) is 6.92 Å². The van der Waals surface area contributed by atoms with E-state index in [1.165, 1.54) is 0 Å². The van der Waals surface area contributed by atoms with Gasteiger partial charge in [-0.1, -0.05) is 24.8 Å². The second kappa shape index (κ2) is 5.73. The van der Waals surface area contributed by atoms with Gasteiger partial charge in [0.15, 0.2) is 5.76 Å². The van der Waals surface area contributed by atoms with Crippen LogP contribution >= 0.6 is 0 Å². The van der Waals surface area contributed by atoms with Gasteiger partial charge in [0.05, 0.1) is 23.0 Å². The van der Waals surface area contributed by atoms with Crippen LogP contribution in [-0.2, 0) is 0 Å². The number of para-hydroxylation sites is 1. The molecule has 3 aromatic rings. The van der Waals surface area contributed by atoms with E-state index >= 15 is 0 Å². The van der Waals surface area contributed by atoms with Crippen LogP contribution in [0.15, 0.2) is 59.7 Å². The fourth-order valence-corrected chi connectivity index (χ4v) is 2.21. The van der Waals surface area contributed by atoms with Crippen LogP contribution in [0.1, 0.15) is 21.8 Å². The molecule has 1 amide bonds. The highest BCUT2D eigenvalue weighted by molar-refractivity contribution is 6.06. The summed E-state index contributed by atoms with van der Waals surface area (Å²) in [6.07, 6.45) is 1.55. The lowest BCUT2D eigenvalue weighted by molar-refractivity contribution is 0.0944. The van der Waals surface area contributed by atoms with Crippen molar-refractivity contribution in [1.82, 2.24) is 15.8 Å². The molecule has 0 spiro atoms. The molecule has 2 N–H and O–H groups in total. The van der Waals surface area contributed by atoms with Crippen LogP contribution in [0.5, 0.6) is 0 Å². The van der Waals surface area contributed by atoms with Crippen LogP contribution in [0.4, 0.5) is 0 Å². The van der Waals surface area contributed by atoms with Crippen molar-refractivity contribution in [3.05, 3.63) is 72.3 Å². The maximum atomic E-state index is 12.4. The van der Waals surface area contributed by atoms with Crippen LogP contribution < -0.4 is 10.9 Å². The molecular weight excluding hydrogens is 278 g/mol. The van der Waals surface area contributed by atoms with Gasteiger partial charge in [0.2, 0.25) is 0 Å². The number of hydrogen-bond donors (Lipinski definition) is 2. The molecule has 22 heavy (non-hydrogen) atoms. The van der Waals surface area contributed by atoms with Crippen molar-refractivity contribution in [2.24, 2.45) is 0 Å². The third-order valence-electron chi connectivity index (χ3n) is 3.23. The van der Waals surface area contributed by atoms with E-state index in [2.05, 4.69) is 22.4 Å². The molecule has 0 aliphatic heterocycles. The molecule has 5 heteroatoms. The van der Waals surface area contributed by atoms with Gasteiger partial charge in [0.1, 0.15) is 0 Å². The van der Waals surface area contributed by atoms with E-state index in [0.717, 1.165) is 16.6 Å². The van der Waals surface area contributed by atoms with E-state index in [1.807, 2.05) is 31.2 Å². The largest absolute Gasteiger partial charge is 0.463 e. The number of fused-ring (bicyclic) bond motifs is 1. The molecule has 0 atom stereocenters. The van der Waals surface area contributed by atoms with Crippen LogP contribution in [0.3, 0.4) is 0 Å². The number of aromatic nitrogens is 1. The quantitative estimate of drug-likeness (QED) is 0.726. The third-order valence-corrected chi connectivity index (χ3v) is 3.23. The SMILES string of the molecule is C=C(NNC(=O)c1cc(C)nc2ccccc12)c1ccco1. The first-order valence-electron chi connectivity index (χ1n) is 6.80. The number of furan rings is 1. The lowest BCUT2D eigenvalue weighted by atomic mass is 10.1.